The van der Waals surface area contributed by atoms with Crippen LogP contribution >= 0.6 is 0 Å². The minimum absolute atomic E-state index is 0.172. The molecular formula is C24H28N2O. The normalized spacial score (nSPS) is 17.9. The van der Waals surface area contributed by atoms with Crippen LogP contribution in [0, 0.1) is 13.8 Å². The van der Waals surface area contributed by atoms with Crippen LogP contribution in [0.25, 0.3) is 11.3 Å². The fourth-order valence-corrected chi connectivity index (χ4v) is 4.24. The monoisotopic (exact) mass is 360 g/mol. The summed E-state index contributed by atoms with van der Waals surface area (Å²) in [6.07, 6.45) is 3.89. The molecule has 1 atom stereocenters. The molecule has 2 N–H and O–H groups in total. The molecule has 3 nitrogen and oxygen atoms in total. The first kappa shape index (κ1) is 17.9. The highest BCUT2D eigenvalue weighted by Gasteiger charge is 2.36. The van der Waals surface area contributed by atoms with Crippen molar-refractivity contribution in [3.8, 4) is 11.3 Å². The Morgan fingerprint density at radius 1 is 1.04 bits per heavy atom. The second-order valence-corrected chi connectivity index (χ2v) is 7.96. The molecule has 0 saturated heterocycles. The van der Waals surface area contributed by atoms with E-state index in [1.807, 2.05) is 0 Å². The van der Waals surface area contributed by atoms with Gasteiger partial charge < -0.3 is 15.0 Å². The van der Waals surface area contributed by atoms with Crippen molar-refractivity contribution in [1.82, 2.24) is 4.57 Å². The molecule has 0 unspecified atom stereocenters. The molecule has 3 heteroatoms. The fourth-order valence-electron chi connectivity index (χ4n) is 4.24. The highest BCUT2D eigenvalue weighted by atomic mass is 16.2. The molecule has 1 aromatic heterocycles. The number of aromatic nitrogens is 1. The van der Waals surface area contributed by atoms with Crippen molar-refractivity contribution in [1.29, 1.82) is 0 Å². The van der Waals surface area contributed by atoms with E-state index in [0.29, 0.717) is 0 Å². The number of benzene rings is 2. The van der Waals surface area contributed by atoms with Crippen molar-refractivity contribution < 1.29 is 5.11 Å². The van der Waals surface area contributed by atoms with Gasteiger partial charge in [0.15, 0.2) is 0 Å². The largest absolute Gasteiger partial charge is 0.396 e. The molecule has 2 heterocycles. The number of hydrogen-bond donors (Lipinski definition) is 2. The third-order valence-corrected chi connectivity index (χ3v) is 5.89. The highest BCUT2D eigenvalue weighted by Crippen LogP contribution is 2.46. The van der Waals surface area contributed by atoms with E-state index < -0.39 is 0 Å². The summed E-state index contributed by atoms with van der Waals surface area (Å²) >= 11 is 0. The number of nitrogens with zero attached hydrogens (tertiary/aromatic N) is 1. The van der Waals surface area contributed by atoms with Gasteiger partial charge in [-0.25, -0.2) is 0 Å². The Morgan fingerprint density at radius 2 is 1.78 bits per heavy atom. The van der Waals surface area contributed by atoms with E-state index >= 15 is 0 Å². The lowest BCUT2D eigenvalue weighted by molar-refractivity contribution is 0.270. The number of aryl methyl sites for hydroxylation is 2. The molecule has 140 valence electrons. The summed E-state index contributed by atoms with van der Waals surface area (Å²) in [5.41, 5.74) is 8.84. The maximum atomic E-state index is 9.40. The van der Waals surface area contributed by atoms with Crippen LogP contribution in [0.1, 0.15) is 42.0 Å². The number of aliphatic hydroxyl groups is 1. The van der Waals surface area contributed by atoms with Crippen LogP contribution in [0.5, 0.6) is 0 Å². The van der Waals surface area contributed by atoms with Crippen molar-refractivity contribution in [2.24, 2.45) is 0 Å². The first-order chi connectivity index (χ1) is 13.0. The molecule has 0 bridgehead atoms. The Labute approximate surface area is 161 Å². The zero-order chi connectivity index (χ0) is 19.0. The van der Waals surface area contributed by atoms with Crippen LogP contribution in [0.15, 0.2) is 54.7 Å². The number of fused-ring (bicyclic) bond motifs is 3. The van der Waals surface area contributed by atoms with Crippen molar-refractivity contribution in [3.05, 3.63) is 77.0 Å². The predicted octanol–water partition coefficient (Wildman–Crippen LogP) is 5.23. The lowest BCUT2D eigenvalue weighted by atomic mass is 9.81. The van der Waals surface area contributed by atoms with Gasteiger partial charge >= 0.3 is 0 Å². The van der Waals surface area contributed by atoms with Crippen LogP contribution < -0.4 is 5.32 Å². The Hall–Kier alpha value is -2.52. The van der Waals surface area contributed by atoms with E-state index in [0.717, 1.165) is 19.4 Å². The average molecular weight is 361 g/mol. The SMILES string of the molecule is Cc1cc2c(cc1C)-c1c(ccn1Cc1ccccc1)[C@@](C)(CCCO)N2. The fraction of sp³-hybridized carbons (Fsp3) is 0.333. The number of aliphatic hydroxyl groups excluding tert-OH is 1. The van der Waals surface area contributed by atoms with Gasteiger partial charge in [0, 0.05) is 36.2 Å². The van der Waals surface area contributed by atoms with Crippen LogP contribution in [-0.4, -0.2) is 16.3 Å². The molecule has 0 aliphatic carbocycles. The van der Waals surface area contributed by atoms with Crippen LogP contribution in [-0.2, 0) is 12.1 Å². The topological polar surface area (TPSA) is 37.2 Å². The maximum Gasteiger partial charge on any atom is 0.0619 e. The van der Waals surface area contributed by atoms with Gasteiger partial charge in [-0.15, -0.1) is 0 Å². The number of nitrogens with one attached hydrogen (secondary N) is 1. The number of hydrogen-bond acceptors (Lipinski definition) is 2. The number of rotatable bonds is 5. The minimum Gasteiger partial charge on any atom is -0.396 e. The summed E-state index contributed by atoms with van der Waals surface area (Å²) in [6.45, 7) is 7.68. The van der Waals surface area contributed by atoms with Gasteiger partial charge in [-0.05, 0) is 68.5 Å². The molecule has 0 spiro atoms. The third kappa shape index (κ3) is 3.17. The summed E-state index contributed by atoms with van der Waals surface area (Å²) in [6, 6.07) is 17.4. The quantitative estimate of drug-likeness (QED) is 0.653. The van der Waals surface area contributed by atoms with Gasteiger partial charge in [-0.1, -0.05) is 30.3 Å². The molecular weight excluding hydrogens is 332 g/mol. The zero-order valence-corrected chi connectivity index (χ0v) is 16.4. The first-order valence-corrected chi connectivity index (χ1v) is 9.76. The van der Waals surface area contributed by atoms with Gasteiger partial charge in [-0.3, -0.25) is 0 Å². The van der Waals surface area contributed by atoms with E-state index in [1.54, 1.807) is 0 Å². The van der Waals surface area contributed by atoms with Crippen molar-refractivity contribution >= 4 is 5.69 Å². The zero-order valence-electron chi connectivity index (χ0n) is 16.4. The first-order valence-electron chi connectivity index (χ1n) is 9.76. The molecule has 3 aromatic rings. The molecule has 1 aliphatic rings. The van der Waals surface area contributed by atoms with Gasteiger partial charge in [0.25, 0.3) is 0 Å². The summed E-state index contributed by atoms with van der Waals surface area (Å²) in [5, 5.41) is 13.2. The third-order valence-electron chi connectivity index (χ3n) is 5.89. The van der Waals surface area contributed by atoms with Gasteiger partial charge in [0.2, 0.25) is 0 Å². The standard InChI is InChI=1S/C24H28N2O/c1-17-14-20-22(15-18(17)2)25-24(3,11-7-13-27)21-10-12-26(23(20)21)16-19-8-5-4-6-9-19/h4-6,8-10,12,14-15,25,27H,7,11,13,16H2,1-3H3/t24-/m1/s1. The minimum atomic E-state index is -0.172. The Bertz CT molecular complexity index is 958. The van der Waals surface area contributed by atoms with E-state index in [-0.39, 0.29) is 12.1 Å². The lowest BCUT2D eigenvalue weighted by Gasteiger charge is -2.38. The molecule has 1 aliphatic heterocycles. The molecule has 27 heavy (non-hydrogen) atoms. The van der Waals surface area contributed by atoms with E-state index in [4.69, 9.17) is 0 Å². The molecule has 0 saturated carbocycles. The molecule has 0 amide bonds. The van der Waals surface area contributed by atoms with Crippen molar-refractivity contribution in [2.45, 2.75) is 45.7 Å². The van der Waals surface area contributed by atoms with Crippen LogP contribution in [0.3, 0.4) is 0 Å². The van der Waals surface area contributed by atoms with E-state index in [1.165, 1.54) is 39.2 Å². The van der Waals surface area contributed by atoms with Crippen LogP contribution in [0.4, 0.5) is 5.69 Å². The summed E-state index contributed by atoms with van der Waals surface area (Å²) in [7, 11) is 0. The van der Waals surface area contributed by atoms with E-state index in [9.17, 15) is 5.11 Å². The predicted molar refractivity (Wildman–Crippen MR) is 112 cm³/mol. The van der Waals surface area contributed by atoms with E-state index in [2.05, 4.69) is 85.4 Å². The number of anilines is 1. The summed E-state index contributed by atoms with van der Waals surface area (Å²) in [5.74, 6) is 0. The van der Waals surface area contributed by atoms with Crippen LogP contribution in [0.2, 0.25) is 0 Å². The van der Waals surface area contributed by atoms with Gasteiger partial charge in [-0.2, -0.15) is 0 Å². The van der Waals surface area contributed by atoms with Gasteiger partial charge in [0.1, 0.15) is 0 Å². The lowest BCUT2D eigenvalue weighted by Crippen LogP contribution is -2.35. The molecule has 0 radical (unpaired) electrons. The molecule has 0 fully saturated rings. The Balaban J connectivity index is 1.86. The Kier molecular flexibility index (Phi) is 4.56. The second kappa shape index (κ2) is 6.90. The second-order valence-electron chi connectivity index (χ2n) is 7.96. The summed E-state index contributed by atoms with van der Waals surface area (Å²) in [4.78, 5) is 0. The smallest absolute Gasteiger partial charge is 0.0619 e. The highest BCUT2D eigenvalue weighted by molar-refractivity contribution is 5.84. The van der Waals surface area contributed by atoms with Crippen molar-refractivity contribution in [2.75, 3.05) is 11.9 Å². The average Bonchev–Trinajstić information content (AvgIpc) is 3.08. The van der Waals surface area contributed by atoms with Gasteiger partial charge in [0.05, 0.1) is 11.2 Å². The summed E-state index contributed by atoms with van der Waals surface area (Å²) < 4.78 is 2.37. The Morgan fingerprint density at radius 3 is 2.52 bits per heavy atom. The molecule has 4 rings (SSSR count). The van der Waals surface area contributed by atoms with Crippen molar-refractivity contribution in [3.63, 3.8) is 0 Å². The maximum absolute atomic E-state index is 9.40. The molecule has 2 aromatic carbocycles.